The van der Waals surface area contributed by atoms with Gasteiger partial charge in [0.25, 0.3) is 0 Å². The zero-order valence-corrected chi connectivity index (χ0v) is 22.0. The molecule has 4 rings (SSSR count). The smallest absolute Gasteiger partial charge is 0.331 e. The van der Waals surface area contributed by atoms with Crippen LogP contribution in [0, 0.1) is 0 Å². The van der Waals surface area contributed by atoms with Crippen molar-refractivity contribution >= 4 is 38.7 Å². The van der Waals surface area contributed by atoms with Gasteiger partial charge in [0.15, 0.2) is 0 Å². The van der Waals surface area contributed by atoms with E-state index in [2.05, 4.69) is 5.32 Å². The Morgan fingerprint density at radius 1 is 0.921 bits per heavy atom. The van der Waals surface area contributed by atoms with Crippen molar-refractivity contribution in [3.63, 3.8) is 0 Å². The fourth-order valence-corrected chi connectivity index (χ4v) is 5.25. The van der Waals surface area contributed by atoms with Gasteiger partial charge >= 0.3 is 16.2 Å². The number of amides is 3. The monoisotopic (exact) mass is 534 g/mol. The van der Waals surface area contributed by atoms with E-state index in [0.717, 1.165) is 9.54 Å². The highest BCUT2D eigenvalue weighted by Gasteiger charge is 2.28. The third-order valence-corrected chi connectivity index (χ3v) is 7.25. The molecule has 0 aliphatic heterocycles. The number of nitrogens with one attached hydrogen (secondary N) is 2. The van der Waals surface area contributed by atoms with E-state index in [9.17, 15) is 18.0 Å². The van der Waals surface area contributed by atoms with Crippen LogP contribution in [-0.4, -0.2) is 43.5 Å². The number of urea groups is 1. The van der Waals surface area contributed by atoms with Gasteiger partial charge in [-0.1, -0.05) is 48.5 Å². The van der Waals surface area contributed by atoms with Gasteiger partial charge < -0.3 is 15.0 Å². The average Bonchev–Trinajstić information content (AvgIpc) is 3.35. The fourth-order valence-electron chi connectivity index (χ4n) is 4.21. The minimum Gasteiger partial charge on any atom is -0.494 e. The van der Waals surface area contributed by atoms with Gasteiger partial charge in [0.05, 0.1) is 12.1 Å². The second-order valence-electron chi connectivity index (χ2n) is 8.50. The molecule has 9 nitrogen and oxygen atoms in total. The zero-order chi connectivity index (χ0) is 27.1. The van der Waals surface area contributed by atoms with Crippen LogP contribution in [0.4, 0.5) is 10.5 Å². The molecule has 0 aliphatic carbocycles. The summed E-state index contributed by atoms with van der Waals surface area (Å²) in [5.74, 6) is 0.306. The Kier molecular flexibility index (Phi) is 8.32. The molecule has 1 heterocycles. The lowest BCUT2D eigenvalue weighted by Crippen LogP contribution is -2.53. The molecule has 2 N–H and O–H groups in total. The molecule has 0 fully saturated rings. The van der Waals surface area contributed by atoms with E-state index in [0.29, 0.717) is 35.5 Å². The molecule has 0 bridgehead atoms. The van der Waals surface area contributed by atoms with Gasteiger partial charge in [-0.15, -0.1) is 0 Å². The van der Waals surface area contributed by atoms with Gasteiger partial charge in [-0.25, -0.2) is 13.5 Å². The highest BCUT2D eigenvalue weighted by Crippen LogP contribution is 2.21. The van der Waals surface area contributed by atoms with Gasteiger partial charge in [-0.05, 0) is 55.8 Å². The summed E-state index contributed by atoms with van der Waals surface area (Å²) >= 11 is 0. The number of likely N-dealkylation sites (N-methyl/N-ethyl adjacent to an activating group) is 1. The Balaban J connectivity index is 1.56. The highest BCUT2D eigenvalue weighted by atomic mass is 32.2. The van der Waals surface area contributed by atoms with Crippen molar-refractivity contribution in [2.24, 2.45) is 0 Å². The van der Waals surface area contributed by atoms with Crippen LogP contribution < -0.4 is 19.7 Å². The lowest BCUT2D eigenvalue weighted by atomic mass is 10.0. The molecule has 198 valence electrons. The van der Waals surface area contributed by atoms with Crippen molar-refractivity contribution in [3.05, 3.63) is 96.7 Å². The number of carbonyl (C=O) groups excluding carboxylic acids is 2. The molecule has 3 amide bonds. The van der Waals surface area contributed by atoms with E-state index in [1.807, 2.05) is 48.9 Å². The standard InChI is InChI=1S/C28H30N4O5S/c1-3-31(23-14-16-24(17-15-23)37-4-2)27(33)25(20-21-10-6-5-7-11-21)29-28(34)30-38(35,36)32-19-18-22-12-8-9-13-26(22)32/h5-19,25H,3-4,20H2,1-2H3,(H2,29,30,34). The lowest BCUT2D eigenvalue weighted by Gasteiger charge is -2.27. The molecule has 1 atom stereocenters. The summed E-state index contributed by atoms with van der Waals surface area (Å²) in [6, 6.07) is 22.8. The molecule has 4 aromatic rings. The number of rotatable bonds is 10. The zero-order valence-electron chi connectivity index (χ0n) is 21.2. The first-order chi connectivity index (χ1) is 18.3. The third-order valence-electron chi connectivity index (χ3n) is 5.97. The minimum atomic E-state index is -4.26. The summed E-state index contributed by atoms with van der Waals surface area (Å²) < 4.78 is 34.5. The minimum absolute atomic E-state index is 0.174. The van der Waals surface area contributed by atoms with Crippen molar-refractivity contribution in [2.75, 3.05) is 18.1 Å². The van der Waals surface area contributed by atoms with Crippen LogP contribution in [0.1, 0.15) is 19.4 Å². The molecule has 0 saturated carbocycles. The Labute approximate surface area is 222 Å². The summed E-state index contributed by atoms with van der Waals surface area (Å²) in [5.41, 5.74) is 1.87. The fraction of sp³-hybridized carbons (Fsp3) is 0.214. The van der Waals surface area contributed by atoms with E-state index in [1.54, 1.807) is 54.6 Å². The van der Waals surface area contributed by atoms with E-state index in [1.165, 1.54) is 11.1 Å². The maximum absolute atomic E-state index is 13.7. The van der Waals surface area contributed by atoms with Crippen molar-refractivity contribution in [3.8, 4) is 5.75 Å². The maximum atomic E-state index is 13.7. The first-order valence-corrected chi connectivity index (χ1v) is 13.7. The highest BCUT2D eigenvalue weighted by molar-refractivity contribution is 7.88. The van der Waals surface area contributed by atoms with Crippen molar-refractivity contribution in [1.82, 2.24) is 14.0 Å². The van der Waals surface area contributed by atoms with Crippen molar-refractivity contribution in [2.45, 2.75) is 26.3 Å². The van der Waals surface area contributed by atoms with E-state index in [4.69, 9.17) is 4.74 Å². The van der Waals surface area contributed by atoms with Crippen LogP contribution >= 0.6 is 0 Å². The molecule has 0 aliphatic rings. The van der Waals surface area contributed by atoms with Gasteiger partial charge in [0.2, 0.25) is 5.91 Å². The summed E-state index contributed by atoms with van der Waals surface area (Å²) in [5, 5.41) is 3.30. The molecule has 38 heavy (non-hydrogen) atoms. The quantitative estimate of drug-likeness (QED) is 0.318. The summed E-state index contributed by atoms with van der Waals surface area (Å²) in [7, 11) is -4.26. The number of anilines is 1. The molecule has 0 saturated heterocycles. The number of fused-ring (bicyclic) bond motifs is 1. The van der Waals surface area contributed by atoms with Crippen LogP contribution in [0.25, 0.3) is 10.9 Å². The van der Waals surface area contributed by atoms with E-state index >= 15 is 0 Å². The molecule has 1 unspecified atom stereocenters. The number of para-hydroxylation sites is 1. The van der Waals surface area contributed by atoms with E-state index < -0.39 is 22.3 Å². The van der Waals surface area contributed by atoms with Gasteiger partial charge in [0.1, 0.15) is 11.8 Å². The van der Waals surface area contributed by atoms with Gasteiger partial charge in [-0.3, -0.25) is 4.79 Å². The molecule has 1 aromatic heterocycles. The van der Waals surface area contributed by atoms with Crippen LogP contribution in [0.3, 0.4) is 0 Å². The number of ether oxygens (including phenoxy) is 1. The molecule has 3 aromatic carbocycles. The van der Waals surface area contributed by atoms with Crippen molar-refractivity contribution in [1.29, 1.82) is 0 Å². The first kappa shape index (κ1) is 26.7. The van der Waals surface area contributed by atoms with Crippen LogP contribution in [0.5, 0.6) is 5.75 Å². The Morgan fingerprint density at radius 2 is 1.61 bits per heavy atom. The average molecular weight is 535 g/mol. The summed E-state index contributed by atoms with van der Waals surface area (Å²) in [6.07, 6.45) is 1.55. The number of hydrogen-bond donors (Lipinski definition) is 2. The molecule has 0 spiro atoms. The first-order valence-electron chi connectivity index (χ1n) is 12.3. The predicted octanol–water partition coefficient (Wildman–Crippen LogP) is 4.10. The maximum Gasteiger partial charge on any atom is 0.331 e. The van der Waals surface area contributed by atoms with Gasteiger partial charge in [0, 0.05) is 30.2 Å². The number of hydrogen-bond acceptors (Lipinski definition) is 5. The summed E-state index contributed by atoms with van der Waals surface area (Å²) in [6.45, 7) is 4.58. The summed E-state index contributed by atoms with van der Waals surface area (Å²) in [4.78, 5) is 28.2. The van der Waals surface area contributed by atoms with Crippen LogP contribution in [0.15, 0.2) is 91.1 Å². The Hall–Kier alpha value is -4.31. The normalized spacial score (nSPS) is 12.1. The molecular weight excluding hydrogens is 504 g/mol. The van der Waals surface area contributed by atoms with Crippen molar-refractivity contribution < 1.29 is 22.7 Å². The van der Waals surface area contributed by atoms with Crippen LogP contribution in [0.2, 0.25) is 0 Å². The second-order valence-corrected chi connectivity index (χ2v) is 10.1. The molecule has 0 radical (unpaired) electrons. The Morgan fingerprint density at radius 3 is 2.29 bits per heavy atom. The van der Waals surface area contributed by atoms with Gasteiger partial charge in [-0.2, -0.15) is 8.42 Å². The topological polar surface area (TPSA) is 110 Å². The largest absolute Gasteiger partial charge is 0.494 e. The lowest BCUT2D eigenvalue weighted by molar-refractivity contribution is -0.120. The molecule has 10 heteroatoms. The number of aromatic nitrogens is 1. The molecular formula is C28H30N4O5S. The third kappa shape index (κ3) is 6.15. The number of benzene rings is 3. The SMILES string of the molecule is CCOc1ccc(N(CC)C(=O)C(Cc2ccccc2)NC(=O)NS(=O)(=O)n2ccc3ccccc32)cc1. The Bertz CT molecular complexity index is 1500. The van der Waals surface area contributed by atoms with E-state index in [-0.39, 0.29) is 12.3 Å². The predicted molar refractivity (Wildman–Crippen MR) is 147 cm³/mol. The van der Waals surface area contributed by atoms with Crippen LogP contribution in [-0.2, 0) is 21.4 Å². The number of carbonyl (C=O) groups is 2. The number of nitrogens with zero attached hydrogens (tertiary/aromatic N) is 2. The second kappa shape index (κ2) is 11.8.